The first-order chi connectivity index (χ1) is 11.6. The molecule has 0 radical (unpaired) electrons. The standard InChI is InChI=1S/C15H19BrN6O2/c1-21(2)14-17-5-4-11(19-14)12-9-22(6-7-24-12)15-18-8-10(16)13(20-15)23-3/h4-5,8,12H,6-7,9H2,1-3H3. The topological polar surface area (TPSA) is 76.5 Å². The van der Waals surface area contributed by atoms with Gasteiger partial charge in [0.05, 0.1) is 36.6 Å². The number of hydrogen-bond donors (Lipinski definition) is 0. The van der Waals surface area contributed by atoms with Crippen LogP contribution in [0.15, 0.2) is 22.9 Å². The van der Waals surface area contributed by atoms with Gasteiger partial charge in [-0.25, -0.2) is 15.0 Å². The van der Waals surface area contributed by atoms with Crippen LogP contribution < -0.4 is 14.5 Å². The molecular weight excluding hydrogens is 376 g/mol. The molecule has 1 aliphatic heterocycles. The molecule has 128 valence electrons. The summed E-state index contributed by atoms with van der Waals surface area (Å²) in [5.41, 5.74) is 0.850. The van der Waals surface area contributed by atoms with E-state index in [2.05, 4.69) is 40.8 Å². The van der Waals surface area contributed by atoms with Gasteiger partial charge in [-0.2, -0.15) is 4.98 Å². The third kappa shape index (κ3) is 3.57. The number of anilines is 2. The number of rotatable bonds is 4. The Bertz CT molecular complexity index is 714. The molecule has 2 aromatic rings. The molecule has 1 fully saturated rings. The number of halogens is 1. The second kappa shape index (κ2) is 7.27. The number of morpholine rings is 1. The van der Waals surface area contributed by atoms with Crippen molar-refractivity contribution in [3.8, 4) is 5.88 Å². The minimum absolute atomic E-state index is 0.154. The molecule has 1 saturated heterocycles. The first-order valence-electron chi connectivity index (χ1n) is 7.52. The Morgan fingerprint density at radius 1 is 1.33 bits per heavy atom. The van der Waals surface area contributed by atoms with Crippen LogP contribution in [0.2, 0.25) is 0 Å². The Hall–Kier alpha value is -2.00. The fourth-order valence-electron chi connectivity index (χ4n) is 2.40. The zero-order valence-electron chi connectivity index (χ0n) is 13.8. The van der Waals surface area contributed by atoms with Crippen molar-refractivity contribution in [1.29, 1.82) is 0 Å². The number of hydrogen-bond acceptors (Lipinski definition) is 8. The smallest absolute Gasteiger partial charge is 0.232 e. The van der Waals surface area contributed by atoms with Crippen molar-refractivity contribution in [2.45, 2.75) is 6.10 Å². The lowest BCUT2D eigenvalue weighted by Crippen LogP contribution is -2.39. The van der Waals surface area contributed by atoms with Crippen molar-refractivity contribution < 1.29 is 9.47 Å². The van der Waals surface area contributed by atoms with Gasteiger partial charge < -0.3 is 19.3 Å². The molecule has 1 unspecified atom stereocenters. The van der Waals surface area contributed by atoms with Crippen molar-refractivity contribution in [1.82, 2.24) is 19.9 Å². The molecule has 24 heavy (non-hydrogen) atoms. The van der Waals surface area contributed by atoms with Gasteiger partial charge in [0.15, 0.2) is 0 Å². The van der Waals surface area contributed by atoms with E-state index in [-0.39, 0.29) is 6.10 Å². The van der Waals surface area contributed by atoms with E-state index >= 15 is 0 Å². The number of methoxy groups -OCH3 is 1. The molecule has 0 N–H and O–H groups in total. The van der Waals surface area contributed by atoms with Gasteiger partial charge in [0.25, 0.3) is 0 Å². The molecule has 8 nitrogen and oxygen atoms in total. The Labute approximate surface area is 149 Å². The van der Waals surface area contributed by atoms with Crippen LogP contribution in [-0.4, -0.2) is 60.8 Å². The summed E-state index contributed by atoms with van der Waals surface area (Å²) in [6.45, 7) is 1.91. The summed E-state index contributed by atoms with van der Waals surface area (Å²) in [5.74, 6) is 1.79. The first-order valence-corrected chi connectivity index (χ1v) is 8.31. The van der Waals surface area contributed by atoms with Gasteiger partial charge in [-0.1, -0.05) is 0 Å². The molecule has 0 amide bonds. The average molecular weight is 395 g/mol. The molecule has 0 aromatic carbocycles. The lowest BCUT2D eigenvalue weighted by molar-refractivity contribution is 0.0364. The van der Waals surface area contributed by atoms with E-state index in [1.54, 1.807) is 19.5 Å². The highest BCUT2D eigenvalue weighted by Crippen LogP contribution is 2.27. The van der Waals surface area contributed by atoms with Crippen molar-refractivity contribution in [2.24, 2.45) is 0 Å². The molecule has 3 rings (SSSR count). The summed E-state index contributed by atoms with van der Waals surface area (Å²) in [4.78, 5) is 21.6. The van der Waals surface area contributed by atoms with Gasteiger partial charge in [-0.15, -0.1) is 0 Å². The third-order valence-corrected chi connectivity index (χ3v) is 4.18. The SMILES string of the molecule is COc1nc(N2CCOC(c3ccnc(N(C)C)n3)C2)ncc1Br. The highest BCUT2D eigenvalue weighted by atomic mass is 79.9. The second-order valence-electron chi connectivity index (χ2n) is 5.51. The molecule has 0 aliphatic carbocycles. The normalized spacial score (nSPS) is 17.7. The minimum Gasteiger partial charge on any atom is -0.480 e. The van der Waals surface area contributed by atoms with Crippen molar-refractivity contribution in [2.75, 3.05) is 50.7 Å². The van der Waals surface area contributed by atoms with Crippen LogP contribution in [-0.2, 0) is 4.74 Å². The fourth-order valence-corrected chi connectivity index (χ4v) is 2.76. The van der Waals surface area contributed by atoms with Crippen LogP contribution in [0.1, 0.15) is 11.8 Å². The molecule has 1 aliphatic rings. The molecule has 3 heterocycles. The lowest BCUT2D eigenvalue weighted by Gasteiger charge is -2.32. The zero-order valence-corrected chi connectivity index (χ0v) is 15.4. The van der Waals surface area contributed by atoms with E-state index < -0.39 is 0 Å². The maximum atomic E-state index is 5.88. The summed E-state index contributed by atoms with van der Waals surface area (Å²) < 4.78 is 11.9. The predicted molar refractivity (Wildman–Crippen MR) is 93.5 cm³/mol. The quantitative estimate of drug-likeness (QED) is 0.774. The first kappa shape index (κ1) is 16.8. The largest absolute Gasteiger partial charge is 0.480 e. The van der Waals surface area contributed by atoms with Crippen LogP contribution in [0.5, 0.6) is 5.88 Å². The minimum atomic E-state index is -0.154. The van der Waals surface area contributed by atoms with E-state index in [9.17, 15) is 0 Å². The summed E-state index contributed by atoms with van der Waals surface area (Å²) >= 11 is 3.37. The van der Waals surface area contributed by atoms with Crippen LogP contribution >= 0.6 is 15.9 Å². The summed E-state index contributed by atoms with van der Waals surface area (Å²) in [5, 5.41) is 0. The van der Waals surface area contributed by atoms with Gasteiger partial charge in [0, 0.05) is 26.8 Å². The monoisotopic (exact) mass is 394 g/mol. The maximum absolute atomic E-state index is 5.88. The van der Waals surface area contributed by atoms with Gasteiger partial charge in [0.2, 0.25) is 17.8 Å². The fraction of sp³-hybridized carbons (Fsp3) is 0.467. The van der Waals surface area contributed by atoms with Crippen LogP contribution in [0.25, 0.3) is 0 Å². The number of ether oxygens (including phenoxy) is 2. The summed E-state index contributed by atoms with van der Waals surface area (Å²) in [7, 11) is 5.41. The number of nitrogens with zero attached hydrogens (tertiary/aromatic N) is 6. The van der Waals surface area contributed by atoms with Crippen molar-refractivity contribution >= 4 is 27.8 Å². The van der Waals surface area contributed by atoms with Gasteiger partial charge in [-0.3, -0.25) is 0 Å². The number of aromatic nitrogens is 4. The Balaban J connectivity index is 1.80. The molecule has 1 atom stereocenters. The zero-order chi connectivity index (χ0) is 17.1. The van der Waals surface area contributed by atoms with Crippen LogP contribution in [0.3, 0.4) is 0 Å². The Morgan fingerprint density at radius 2 is 2.17 bits per heavy atom. The lowest BCUT2D eigenvalue weighted by atomic mass is 10.2. The van der Waals surface area contributed by atoms with E-state index in [1.807, 2.05) is 25.1 Å². The van der Waals surface area contributed by atoms with E-state index in [4.69, 9.17) is 9.47 Å². The van der Waals surface area contributed by atoms with Gasteiger partial charge in [-0.05, 0) is 22.0 Å². The van der Waals surface area contributed by atoms with Gasteiger partial charge >= 0.3 is 0 Å². The molecular formula is C15H19BrN6O2. The molecule has 0 spiro atoms. The predicted octanol–water partition coefficient (Wildman–Crippen LogP) is 1.68. The molecule has 9 heteroatoms. The average Bonchev–Trinajstić information content (AvgIpc) is 2.62. The Kier molecular flexibility index (Phi) is 5.10. The second-order valence-corrected chi connectivity index (χ2v) is 6.36. The summed E-state index contributed by atoms with van der Waals surface area (Å²) in [6, 6.07) is 1.88. The third-order valence-electron chi connectivity index (χ3n) is 3.64. The van der Waals surface area contributed by atoms with Crippen molar-refractivity contribution in [3.63, 3.8) is 0 Å². The van der Waals surface area contributed by atoms with Crippen molar-refractivity contribution in [3.05, 3.63) is 28.6 Å². The highest BCUT2D eigenvalue weighted by molar-refractivity contribution is 9.10. The van der Waals surface area contributed by atoms with E-state index in [0.29, 0.717) is 37.5 Å². The summed E-state index contributed by atoms with van der Waals surface area (Å²) in [6.07, 6.45) is 3.29. The van der Waals surface area contributed by atoms with E-state index in [1.165, 1.54) is 0 Å². The highest BCUT2D eigenvalue weighted by Gasteiger charge is 2.25. The maximum Gasteiger partial charge on any atom is 0.232 e. The van der Waals surface area contributed by atoms with Crippen LogP contribution in [0.4, 0.5) is 11.9 Å². The molecule has 2 aromatic heterocycles. The molecule has 0 saturated carbocycles. The van der Waals surface area contributed by atoms with E-state index in [0.717, 1.165) is 10.2 Å². The molecule has 0 bridgehead atoms. The van der Waals surface area contributed by atoms with Gasteiger partial charge in [0.1, 0.15) is 6.10 Å². The van der Waals surface area contributed by atoms with Crippen LogP contribution in [0, 0.1) is 0 Å². The Morgan fingerprint density at radius 3 is 2.92 bits per heavy atom.